The molecule has 1 N–H and O–H groups in total. The minimum Gasteiger partial charge on any atom is -0.368 e. The zero-order valence-electron chi connectivity index (χ0n) is 18.5. The first-order valence-corrected chi connectivity index (χ1v) is 11.6. The molecule has 1 unspecified atom stereocenters. The van der Waals surface area contributed by atoms with Crippen molar-refractivity contribution in [3.05, 3.63) is 78.3 Å². The molecule has 2 aromatic carbocycles. The molecule has 7 heteroatoms. The van der Waals surface area contributed by atoms with Crippen LogP contribution in [0, 0.1) is 0 Å². The van der Waals surface area contributed by atoms with E-state index in [4.69, 9.17) is 4.52 Å². The molecule has 0 spiro atoms. The molecule has 6 rings (SSSR count). The van der Waals surface area contributed by atoms with Crippen LogP contribution < -0.4 is 9.80 Å². The van der Waals surface area contributed by atoms with Crippen LogP contribution in [-0.4, -0.2) is 59.7 Å². The molecule has 4 aromatic rings. The smallest absolute Gasteiger partial charge is 0.297 e. The molecule has 168 valence electrons. The second-order valence-electron chi connectivity index (χ2n) is 8.88. The van der Waals surface area contributed by atoms with E-state index in [0.29, 0.717) is 5.76 Å². The first-order chi connectivity index (χ1) is 16.3. The molecule has 33 heavy (non-hydrogen) atoms. The number of anilines is 2. The van der Waals surface area contributed by atoms with E-state index in [1.165, 1.54) is 28.4 Å². The Hall–Kier alpha value is -3.58. The number of carbonyl (C=O) groups excluding carboxylic acids is 1. The van der Waals surface area contributed by atoms with Gasteiger partial charge in [0.05, 0.1) is 12.2 Å². The highest BCUT2D eigenvalue weighted by Crippen LogP contribution is 2.33. The van der Waals surface area contributed by atoms with Gasteiger partial charge in [0.1, 0.15) is 0 Å². The van der Waals surface area contributed by atoms with E-state index in [2.05, 4.69) is 50.3 Å². The van der Waals surface area contributed by atoms with Crippen LogP contribution in [0.5, 0.6) is 0 Å². The van der Waals surface area contributed by atoms with Crippen molar-refractivity contribution in [3.63, 3.8) is 0 Å². The van der Waals surface area contributed by atoms with Crippen molar-refractivity contribution < 1.29 is 9.32 Å². The molecule has 2 aliphatic heterocycles. The van der Waals surface area contributed by atoms with Crippen molar-refractivity contribution >= 4 is 28.2 Å². The third kappa shape index (κ3) is 3.68. The number of hydrogen-bond acceptors (Lipinski definition) is 5. The highest BCUT2D eigenvalue weighted by Gasteiger charge is 2.34. The maximum Gasteiger partial charge on any atom is 0.297 e. The molecule has 1 saturated heterocycles. The summed E-state index contributed by atoms with van der Waals surface area (Å²) in [5.74, 6) is 0.184. The van der Waals surface area contributed by atoms with Gasteiger partial charge in [0.25, 0.3) is 5.91 Å². The first kappa shape index (κ1) is 20.1. The summed E-state index contributed by atoms with van der Waals surface area (Å²) in [5, 5.41) is 5.03. The third-order valence-corrected chi connectivity index (χ3v) is 6.98. The van der Waals surface area contributed by atoms with Crippen LogP contribution in [0.3, 0.4) is 0 Å². The maximum absolute atomic E-state index is 13.4. The SMILES string of the molecule is O=C(c1ccno1)N1c2ccccc2CCC1CN1CCN(c2cccc3[nH]ccc23)CC1. The summed E-state index contributed by atoms with van der Waals surface area (Å²) in [5.41, 5.74) is 4.68. The van der Waals surface area contributed by atoms with Crippen LogP contribution in [-0.2, 0) is 6.42 Å². The van der Waals surface area contributed by atoms with Gasteiger partial charge in [0.2, 0.25) is 5.76 Å². The van der Waals surface area contributed by atoms with Gasteiger partial charge < -0.3 is 19.3 Å². The fraction of sp³-hybridized carbons (Fsp3) is 0.308. The average molecular weight is 442 g/mol. The fourth-order valence-electron chi connectivity index (χ4n) is 5.31. The summed E-state index contributed by atoms with van der Waals surface area (Å²) in [4.78, 5) is 23.6. The van der Waals surface area contributed by atoms with Gasteiger partial charge in [-0.1, -0.05) is 29.4 Å². The van der Waals surface area contributed by atoms with Gasteiger partial charge in [-0.2, -0.15) is 0 Å². The summed E-state index contributed by atoms with van der Waals surface area (Å²) in [6.45, 7) is 4.76. The van der Waals surface area contributed by atoms with E-state index in [-0.39, 0.29) is 11.9 Å². The number of aromatic nitrogens is 2. The summed E-state index contributed by atoms with van der Waals surface area (Å²) in [6, 6.07) is 18.6. The molecule has 1 amide bonds. The zero-order valence-corrected chi connectivity index (χ0v) is 18.5. The second kappa shape index (κ2) is 8.41. The predicted octanol–water partition coefficient (Wildman–Crippen LogP) is 3.94. The number of fused-ring (bicyclic) bond motifs is 2. The van der Waals surface area contributed by atoms with Crippen molar-refractivity contribution in [2.45, 2.75) is 18.9 Å². The summed E-state index contributed by atoms with van der Waals surface area (Å²) in [6.07, 6.45) is 5.46. The maximum atomic E-state index is 13.4. The number of amides is 1. The number of nitrogens with zero attached hydrogens (tertiary/aromatic N) is 4. The molecular formula is C26H27N5O2. The van der Waals surface area contributed by atoms with Crippen molar-refractivity contribution in [1.82, 2.24) is 15.0 Å². The van der Waals surface area contributed by atoms with E-state index in [0.717, 1.165) is 51.3 Å². The Bertz CT molecular complexity index is 1260. The number of hydrogen-bond donors (Lipinski definition) is 1. The number of para-hydroxylation sites is 1. The lowest BCUT2D eigenvalue weighted by Gasteiger charge is -2.42. The quantitative estimate of drug-likeness (QED) is 0.520. The van der Waals surface area contributed by atoms with E-state index in [1.807, 2.05) is 29.3 Å². The van der Waals surface area contributed by atoms with Crippen LogP contribution in [0.4, 0.5) is 11.4 Å². The van der Waals surface area contributed by atoms with Crippen LogP contribution in [0.2, 0.25) is 0 Å². The highest BCUT2D eigenvalue weighted by molar-refractivity contribution is 6.05. The number of benzene rings is 2. The first-order valence-electron chi connectivity index (χ1n) is 11.6. The Balaban J connectivity index is 1.19. The van der Waals surface area contributed by atoms with E-state index >= 15 is 0 Å². The van der Waals surface area contributed by atoms with Gasteiger partial charge in [-0.05, 0) is 42.7 Å². The number of aromatic amines is 1. The van der Waals surface area contributed by atoms with E-state index in [1.54, 1.807) is 6.07 Å². The van der Waals surface area contributed by atoms with Crippen LogP contribution in [0.25, 0.3) is 10.9 Å². The van der Waals surface area contributed by atoms with E-state index < -0.39 is 0 Å². The lowest BCUT2D eigenvalue weighted by molar-refractivity contribution is 0.0927. The molecule has 0 bridgehead atoms. The topological polar surface area (TPSA) is 68.6 Å². The number of rotatable bonds is 4. The van der Waals surface area contributed by atoms with Crippen molar-refractivity contribution in [1.29, 1.82) is 0 Å². The van der Waals surface area contributed by atoms with Gasteiger partial charge >= 0.3 is 0 Å². The third-order valence-electron chi connectivity index (χ3n) is 6.98. The number of piperazine rings is 1. The normalized spacial score (nSPS) is 19.1. The standard InChI is InChI=1S/C26H27N5O2/c32-26(25-11-13-28-33-25)31-20(9-8-19-4-1-2-6-23(19)31)18-29-14-16-30(17-15-29)24-7-3-5-22-21(24)10-12-27-22/h1-7,10-13,20,27H,8-9,14-18H2. The monoisotopic (exact) mass is 441 g/mol. The summed E-state index contributed by atoms with van der Waals surface area (Å²) in [7, 11) is 0. The van der Waals surface area contributed by atoms with Crippen molar-refractivity contribution in [3.8, 4) is 0 Å². The molecule has 0 aliphatic carbocycles. The molecule has 0 radical (unpaired) electrons. The predicted molar refractivity (Wildman–Crippen MR) is 129 cm³/mol. The van der Waals surface area contributed by atoms with Gasteiger partial charge in [-0.15, -0.1) is 0 Å². The molecule has 2 aliphatic rings. The molecule has 1 fully saturated rings. The summed E-state index contributed by atoms with van der Waals surface area (Å²) >= 11 is 0. The Morgan fingerprint density at radius 1 is 1.00 bits per heavy atom. The molecule has 1 atom stereocenters. The Labute approximate surface area is 192 Å². The average Bonchev–Trinajstić information content (AvgIpc) is 3.56. The van der Waals surface area contributed by atoms with Crippen molar-refractivity contribution in [2.24, 2.45) is 0 Å². The lowest BCUT2D eigenvalue weighted by Crippen LogP contribution is -2.54. The molecular weight excluding hydrogens is 414 g/mol. The Morgan fingerprint density at radius 3 is 2.70 bits per heavy atom. The van der Waals surface area contributed by atoms with E-state index in [9.17, 15) is 4.79 Å². The number of aryl methyl sites for hydroxylation is 1. The van der Waals surface area contributed by atoms with Gasteiger partial charge in [0.15, 0.2) is 0 Å². The van der Waals surface area contributed by atoms with Crippen LogP contribution >= 0.6 is 0 Å². The number of nitrogens with one attached hydrogen (secondary N) is 1. The van der Waals surface area contributed by atoms with Gasteiger partial charge in [-0.3, -0.25) is 9.69 Å². The van der Waals surface area contributed by atoms with Crippen LogP contribution in [0.15, 0.2) is 71.5 Å². The number of carbonyl (C=O) groups is 1. The lowest BCUT2D eigenvalue weighted by atomic mass is 9.94. The molecule has 4 heterocycles. The van der Waals surface area contributed by atoms with Gasteiger partial charge in [-0.25, -0.2) is 0 Å². The Morgan fingerprint density at radius 2 is 1.85 bits per heavy atom. The van der Waals surface area contributed by atoms with Crippen LogP contribution in [0.1, 0.15) is 22.5 Å². The minimum absolute atomic E-state index is 0.108. The summed E-state index contributed by atoms with van der Waals surface area (Å²) < 4.78 is 5.23. The molecule has 0 saturated carbocycles. The molecule has 7 nitrogen and oxygen atoms in total. The number of H-pyrrole nitrogens is 1. The van der Waals surface area contributed by atoms with Crippen molar-refractivity contribution in [2.75, 3.05) is 42.5 Å². The Kier molecular flexibility index (Phi) is 5.11. The van der Waals surface area contributed by atoms with Gasteiger partial charge in [0, 0.05) is 67.3 Å². The minimum atomic E-state index is -0.109. The fourth-order valence-corrected chi connectivity index (χ4v) is 5.31. The molecule has 2 aromatic heterocycles. The highest BCUT2D eigenvalue weighted by atomic mass is 16.5. The second-order valence-corrected chi connectivity index (χ2v) is 8.88. The largest absolute Gasteiger partial charge is 0.368 e. The zero-order chi connectivity index (χ0) is 22.2.